The maximum atomic E-state index is 12.8. The molecule has 6 heteroatoms. The van der Waals surface area contributed by atoms with Gasteiger partial charge in [0.25, 0.3) is 0 Å². The van der Waals surface area contributed by atoms with Crippen LogP contribution in [0.25, 0.3) is 0 Å². The van der Waals surface area contributed by atoms with Gasteiger partial charge in [0.2, 0.25) is 0 Å². The SMILES string of the molecule is CCCCCCCCCOC(=O)C(C)CCCCCCN(CCCCO)CCCCCCCC(=O)OC(CCCCCCCC)CCCCCCCC. The van der Waals surface area contributed by atoms with Gasteiger partial charge in [-0.3, -0.25) is 9.59 Å². The minimum absolute atomic E-state index is 0.00177. The smallest absolute Gasteiger partial charge is 0.308 e. The third-order valence-corrected chi connectivity index (χ3v) is 11.1. The first-order chi connectivity index (χ1) is 26.0. The van der Waals surface area contributed by atoms with Crippen LogP contribution in [0.4, 0.5) is 0 Å². The highest BCUT2D eigenvalue weighted by Crippen LogP contribution is 2.19. The molecule has 0 saturated carbocycles. The molecule has 0 aliphatic heterocycles. The first-order valence-corrected chi connectivity index (χ1v) is 23.7. The molecular formula is C47H93NO5. The van der Waals surface area contributed by atoms with Crippen molar-refractivity contribution in [1.29, 1.82) is 0 Å². The second kappa shape index (κ2) is 42.0. The number of unbranched alkanes of at least 4 members (excludes halogenated alkanes) is 24. The molecule has 0 aromatic rings. The Morgan fingerprint density at radius 1 is 0.491 bits per heavy atom. The van der Waals surface area contributed by atoms with Gasteiger partial charge in [-0.25, -0.2) is 0 Å². The molecule has 0 aromatic heterocycles. The standard InChI is InChI=1S/C47H93NO5/c1-5-8-11-14-17-25-34-43-52-47(51)44(4)35-26-22-24-31-40-48(41-32-33-42-49)39-30-23-18-21-29-38-46(50)53-45(36-27-19-15-12-9-6-2)37-28-20-16-13-10-7-3/h44-45,49H,5-43H2,1-4H3. The third kappa shape index (κ3) is 37.6. The minimum Gasteiger partial charge on any atom is -0.465 e. The van der Waals surface area contributed by atoms with E-state index in [1.165, 1.54) is 154 Å². The van der Waals surface area contributed by atoms with Crippen molar-refractivity contribution >= 4 is 11.9 Å². The molecule has 0 spiro atoms. The molecular weight excluding hydrogens is 659 g/mol. The second-order valence-corrected chi connectivity index (χ2v) is 16.4. The van der Waals surface area contributed by atoms with E-state index in [-0.39, 0.29) is 30.6 Å². The van der Waals surface area contributed by atoms with E-state index < -0.39 is 0 Å². The van der Waals surface area contributed by atoms with Gasteiger partial charge in [0.15, 0.2) is 0 Å². The molecule has 6 nitrogen and oxygen atoms in total. The molecule has 0 fully saturated rings. The van der Waals surface area contributed by atoms with Crippen molar-refractivity contribution in [3.05, 3.63) is 0 Å². The lowest BCUT2D eigenvalue weighted by molar-refractivity contribution is -0.150. The highest BCUT2D eigenvalue weighted by molar-refractivity contribution is 5.71. The Bertz CT molecular complexity index is 745. The van der Waals surface area contributed by atoms with E-state index in [2.05, 4.69) is 25.7 Å². The summed E-state index contributed by atoms with van der Waals surface area (Å²) in [5.74, 6) is 0.00865. The van der Waals surface area contributed by atoms with E-state index in [1.807, 2.05) is 6.92 Å². The Labute approximate surface area is 331 Å². The molecule has 0 amide bonds. The van der Waals surface area contributed by atoms with Gasteiger partial charge in [0.1, 0.15) is 6.10 Å². The summed E-state index contributed by atoms with van der Waals surface area (Å²) in [7, 11) is 0. The van der Waals surface area contributed by atoms with Crippen LogP contribution in [-0.2, 0) is 19.1 Å². The van der Waals surface area contributed by atoms with Crippen LogP contribution in [0.2, 0.25) is 0 Å². The van der Waals surface area contributed by atoms with E-state index in [1.54, 1.807) is 0 Å². The summed E-state index contributed by atoms with van der Waals surface area (Å²) in [6.45, 7) is 12.9. The molecule has 53 heavy (non-hydrogen) atoms. The summed E-state index contributed by atoms with van der Waals surface area (Å²) < 4.78 is 11.6. The van der Waals surface area contributed by atoms with Gasteiger partial charge in [-0.1, -0.05) is 169 Å². The lowest BCUT2D eigenvalue weighted by Gasteiger charge is -2.22. The molecule has 0 rings (SSSR count). The molecule has 316 valence electrons. The van der Waals surface area contributed by atoms with Gasteiger partial charge in [0.05, 0.1) is 12.5 Å². The van der Waals surface area contributed by atoms with Crippen LogP contribution in [-0.4, -0.2) is 60.9 Å². The molecule has 0 radical (unpaired) electrons. The Morgan fingerprint density at radius 3 is 1.38 bits per heavy atom. The van der Waals surface area contributed by atoms with Crippen LogP contribution in [0.3, 0.4) is 0 Å². The molecule has 0 saturated heterocycles. The van der Waals surface area contributed by atoms with Gasteiger partial charge in [-0.05, 0) is 90.3 Å². The quantitative estimate of drug-likeness (QED) is 0.0494. The molecule has 0 heterocycles. The van der Waals surface area contributed by atoms with Gasteiger partial charge in [-0.15, -0.1) is 0 Å². The lowest BCUT2D eigenvalue weighted by atomic mass is 10.0. The zero-order chi connectivity index (χ0) is 38.9. The number of esters is 2. The van der Waals surface area contributed by atoms with Crippen molar-refractivity contribution in [2.45, 2.75) is 252 Å². The second-order valence-electron chi connectivity index (χ2n) is 16.4. The van der Waals surface area contributed by atoms with Crippen LogP contribution < -0.4 is 0 Å². The zero-order valence-corrected chi connectivity index (χ0v) is 36.3. The average Bonchev–Trinajstić information content (AvgIpc) is 3.15. The highest BCUT2D eigenvalue weighted by atomic mass is 16.5. The first kappa shape index (κ1) is 51.9. The third-order valence-electron chi connectivity index (χ3n) is 11.1. The van der Waals surface area contributed by atoms with Gasteiger partial charge in [0, 0.05) is 13.0 Å². The van der Waals surface area contributed by atoms with Crippen molar-refractivity contribution in [1.82, 2.24) is 4.90 Å². The zero-order valence-electron chi connectivity index (χ0n) is 36.3. The molecule has 0 aliphatic rings. The summed E-state index contributed by atoms with van der Waals surface area (Å²) in [6, 6.07) is 0. The van der Waals surface area contributed by atoms with Crippen molar-refractivity contribution in [2.24, 2.45) is 5.92 Å². The van der Waals surface area contributed by atoms with Crippen molar-refractivity contribution in [3.63, 3.8) is 0 Å². The highest BCUT2D eigenvalue weighted by Gasteiger charge is 2.15. The summed E-state index contributed by atoms with van der Waals surface area (Å²) in [4.78, 5) is 27.7. The molecule has 0 aromatic carbocycles. The fourth-order valence-electron chi connectivity index (χ4n) is 7.36. The van der Waals surface area contributed by atoms with E-state index >= 15 is 0 Å². The predicted octanol–water partition coefficient (Wildman–Crippen LogP) is 13.7. The summed E-state index contributed by atoms with van der Waals surface area (Å²) in [6.07, 6.45) is 40.0. The largest absolute Gasteiger partial charge is 0.465 e. The van der Waals surface area contributed by atoms with Crippen LogP contribution >= 0.6 is 0 Å². The maximum absolute atomic E-state index is 12.8. The first-order valence-electron chi connectivity index (χ1n) is 23.7. The summed E-state index contributed by atoms with van der Waals surface area (Å²) in [5, 5.41) is 9.29. The van der Waals surface area contributed by atoms with Crippen LogP contribution in [0.15, 0.2) is 0 Å². The van der Waals surface area contributed by atoms with E-state index in [0.717, 1.165) is 77.4 Å². The minimum atomic E-state index is -0.0165. The maximum Gasteiger partial charge on any atom is 0.308 e. The van der Waals surface area contributed by atoms with Crippen molar-refractivity contribution in [2.75, 3.05) is 32.8 Å². The van der Waals surface area contributed by atoms with E-state index in [0.29, 0.717) is 13.0 Å². The van der Waals surface area contributed by atoms with Crippen LogP contribution in [0.5, 0.6) is 0 Å². The van der Waals surface area contributed by atoms with Crippen LogP contribution in [0, 0.1) is 5.92 Å². The van der Waals surface area contributed by atoms with Gasteiger partial charge in [-0.2, -0.15) is 0 Å². The van der Waals surface area contributed by atoms with Crippen molar-refractivity contribution < 1.29 is 24.2 Å². The monoisotopic (exact) mass is 752 g/mol. The fraction of sp³-hybridized carbons (Fsp3) is 0.957. The Morgan fingerprint density at radius 2 is 0.887 bits per heavy atom. The van der Waals surface area contributed by atoms with E-state index in [4.69, 9.17) is 9.47 Å². The van der Waals surface area contributed by atoms with Crippen molar-refractivity contribution in [3.8, 4) is 0 Å². The Kier molecular flexibility index (Phi) is 41.1. The average molecular weight is 752 g/mol. The number of carbonyl (C=O) groups excluding carboxylic acids is 2. The molecule has 1 unspecified atom stereocenters. The number of aliphatic hydroxyl groups is 1. The van der Waals surface area contributed by atoms with Crippen LogP contribution in [0.1, 0.15) is 246 Å². The number of hydrogen-bond donors (Lipinski definition) is 1. The number of nitrogens with zero attached hydrogens (tertiary/aromatic N) is 1. The fourth-order valence-corrected chi connectivity index (χ4v) is 7.36. The van der Waals surface area contributed by atoms with Gasteiger partial charge < -0.3 is 19.5 Å². The lowest BCUT2D eigenvalue weighted by Crippen LogP contribution is -2.27. The number of carbonyl (C=O) groups is 2. The Balaban J connectivity index is 4.17. The van der Waals surface area contributed by atoms with E-state index in [9.17, 15) is 14.7 Å². The predicted molar refractivity (Wildman–Crippen MR) is 228 cm³/mol. The molecule has 0 bridgehead atoms. The number of rotatable bonds is 43. The van der Waals surface area contributed by atoms with Gasteiger partial charge >= 0.3 is 11.9 Å². The molecule has 1 N–H and O–H groups in total. The summed E-state index contributed by atoms with van der Waals surface area (Å²) in [5.41, 5.74) is 0. The number of ether oxygens (including phenoxy) is 2. The number of aliphatic hydroxyl groups excluding tert-OH is 1. The topological polar surface area (TPSA) is 76.1 Å². The molecule has 0 aliphatic carbocycles. The number of hydrogen-bond acceptors (Lipinski definition) is 6. The Hall–Kier alpha value is -1.14. The normalized spacial score (nSPS) is 12.2. The molecule has 1 atom stereocenters. The summed E-state index contributed by atoms with van der Waals surface area (Å²) >= 11 is 0.